The van der Waals surface area contributed by atoms with Gasteiger partial charge in [0.15, 0.2) is 29.7 Å². The molecule has 5 rings (SSSR count). The summed E-state index contributed by atoms with van der Waals surface area (Å²) >= 11 is 7.52. The van der Waals surface area contributed by atoms with Gasteiger partial charge in [0.25, 0.3) is 0 Å². The van der Waals surface area contributed by atoms with Crippen LogP contribution < -0.4 is 5.32 Å². The number of carbonyl (C=O) groups excluding carboxylic acids is 4. The van der Waals surface area contributed by atoms with Crippen molar-refractivity contribution < 1.29 is 42.9 Å². The van der Waals surface area contributed by atoms with Crippen LogP contribution in [0.4, 0.5) is 0 Å². The lowest BCUT2D eigenvalue weighted by Crippen LogP contribution is -2.66. The predicted molar refractivity (Wildman–Crippen MR) is 161 cm³/mol. The molecule has 1 aliphatic carbocycles. The number of fused-ring (bicyclic) bond motifs is 3. The van der Waals surface area contributed by atoms with Gasteiger partial charge in [0.2, 0.25) is 0 Å². The molecule has 3 aliphatic rings. The van der Waals surface area contributed by atoms with Gasteiger partial charge in [-0.3, -0.25) is 19.2 Å². The number of esters is 4. The van der Waals surface area contributed by atoms with Crippen molar-refractivity contribution in [2.24, 2.45) is 11.0 Å². The van der Waals surface area contributed by atoms with Crippen LogP contribution in [0.3, 0.4) is 0 Å². The molecule has 1 aromatic heterocycles. The molecule has 1 fully saturated rings. The summed E-state index contributed by atoms with van der Waals surface area (Å²) in [5, 5.41) is 12.0. The number of hydrogen-bond acceptors (Lipinski definition) is 12. The zero-order valence-electron chi connectivity index (χ0n) is 24.6. The monoisotopic (exact) mass is 643 g/mol. The third-order valence-electron chi connectivity index (χ3n) is 7.53. The lowest BCUT2D eigenvalue weighted by atomic mass is 9.79. The van der Waals surface area contributed by atoms with Crippen molar-refractivity contribution in [2.45, 2.75) is 77.2 Å². The van der Waals surface area contributed by atoms with Crippen LogP contribution in [-0.2, 0) is 49.3 Å². The Morgan fingerprint density at radius 1 is 0.955 bits per heavy atom. The molecule has 0 bridgehead atoms. The molecule has 234 valence electrons. The normalized spacial score (nSPS) is 27.2. The standard InChI is InChI=1S/C30H33N3O9S2/c1-15(34)38-14-22-26(39-16(2)35)27(40-17(3)36)28(41-18(4)37)29(42-22)31-30(43)33-25(23-10-7-13-44-23)21-12-11-19-8-5-6-9-20(19)24(21)32-33/h5-10,13,21-22,25-29H,11-12,14H2,1-4H3,(H,31,43)/t21?,22-,25?,26-,27+,28-,29-/m1/s1. The summed E-state index contributed by atoms with van der Waals surface area (Å²) in [6, 6.07) is 12.0. The molecule has 0 spiro atoms. The van der Waals surface area contributed by atoms with Crippen LogP contribution >= 0.6 is 23.6 Å². The largest absolute Gasteiger partial charge is 0.463 e. The number of rotatable bonds is 7. The number of thiocarbonyl (C=S) groups is 1. The maximum atomic E-state index is 12.3. The van der Waals surface area contributed by atoms with Gasteiger partial charge in [0.1, 0.15) is 12.7 Å². The Balaban J connectivity index is 1.50. The molecule has 3 heterocycles. The van der Waals surface area contributed by atoms with Crippen LogP contribution in [0.15, 0.2) is 46.9 Å². The summed E-state index contributed by atoms with van der Waals surface area (Å²) in [5.41, 5.74) is 3.21. The summed E-state index contributed by atoms with van der Waals surface area (Å²) in [7, 11) is 0. The van der Waals surface area contributed by atoms with Gasteiger partial charge >= 0.3 is 23.9 Å². The summed E-state index contributed by atoms with van der Waals surface area (Å²) in [6.07, 6.45) is -4.43. The quantitative estimate of drug-likeness (QED) is 0.269. The Morgan fingerprint density at radius 3 is 2.30 bits per heavy atom. The van der Waals surface area contributed by atoms with E-state index in [1.54, 1.807) is 16.3 Å². The van der Waals surface area contributed by atoms with Crippen LogP contribution in [0, 0.1) is 5.92 Å². The van der Waals surface area contributed by atoms with E-state index in [-0.39, 0.29) is 23.7 Å². The molecular formula is C30H33N3O9S2. The molecule has 14 heteroatoms. The summed E-state index contributed by atoms with van der Waals surface area (Å²) in [5.74, 6) is -2.66. The van der Waals surface area contributed by atoms with Crippen molar-refractivity contribution in [1.82, 2.24) is 10.3 Å². The Hall–Kier alpha value is -3.88. The number of thiophene rings is 1. The minimum Gasteiger partial charge on any atom is -0.463 e. The molecule has 7 atom stereocenters. The van der Waals surface area contributed by atoms with Gasteiger partial charge in [0.05, 0.1) is 11.8 Å². The Kier molecular flexibility index (Phi) is 9.61. The first-order chi connectivity index (χ1) is 21.0. The van der Waals surface area contributed by atoms with E-state index in [0.29, 0.717) is 0 Å². The Bertz CT molecular complexity index is 1460. The molecule has 2 aromatic rings. The highest BCUT2D eigenvalue weighted by atomic mass is 32.1. The van der Waals surface area contributed by atoms with Crippen molar-refractivity contribution in [3.8, 4) is 0 Å². The van der Waals surface area contributed by atoms with Crippen molar-refractivity contribution >= 4 is 58.3 Å². The number of nitrogens with one attached hydrogen (secondary N) is 1. The fourth-order valence-corrected chi connectivity index (χ4v) is 7.05. The molecule has 0 radical (unpaired) electrons. The van der Waals surface area contributed by atoms with Crippen LogP contribution in [0.2, 0.25) is 0 Å². The van der Waals surface area contributed by atoms with E-state index in [4.69, 9.17) is 41.0 Å². The fourth-order valence-electron chi connectivity index (χ4n) is 5.90. The van der Waals surface area contributed by atoms with Gasteiger partial charge in [-0.25, -0.2) is 5.01 Å². The molecule has 12 nitrogen and oxygen atoms in total. The number of benzene rings is 1. The fraction of sp³-hybridized carbons (Fsp3) is 0.467. The van der Waals surface area contributed by atoms with Crippen molar-refractivity contribution in [3.05, 3.63) is 57.8 Å². The molecule has 0 saturated carbocycles. The van der Waals surface area contributed by atoms with Gasteiger partial charge in [-0.05, 0) is 42.1 Å². The zero-order valence-corrected chi connectivity index (χ0v) is 26.2. The average Bonchev–Trinajstić information content (AvgIpc) is 3.62. The third-order valence-corrected chi connectivity index (χ3v) is 8.78. The minimum atomic E-state index is -1.32. The molecular weight excluding hydrogens is 610 g/mol. The van der Waals surface area contributed by atoms with E-state index in [0.717, 1.165) is 29.0 Å². The number of hydrazone groups is 1. The number of aryl methyl sites for hydroxylation is 1. The highest BCUT2D eigenvalue weighted by Gasteiger charge is 2.53. The van der Waals surface area contributed by atoms with Crippen molar-refractivity contribution in [1.29, 1.82) is 0 Å². The van der Waals surface area contributed by atoms with Gasteiger partial charge in [-0.15, -0.1) is 11.3 Å². The smallest absolute Gasteiger partial charge is 0.303 e. The molecule has 2 aliphatic heterocycles. The van der Waals surface area contributed by atoms with E-state index in [9.17, 15) is 19.2 Å². The van der Waals surface area contributed by atoms with E-state index >= 15 is 0 Å². The molecule has 2 unspecified atom stereocenters. The third kappa shape index (κ3) is 6.76. The molecule has 0 amide bonds. The lowest BCUT2D eigenvalue weighted by Gasteiger charge is -2.45. The summed E-state index contributed by atoms with van der Waals surface area (Å²) < 4.78 is 28.0. The highest BCUT2D eigenvalue weighted by Crippen LogP contribution is 2.44. The second-order valence-electron chi connectivity index (χ2n) is 10.7. The molecule has 1 saturated heterocycles. The van der Waals surface area contributed by atoms with Gasteiger partial charge in [-0.1, -0.05) is 30.3 Å². The summed E-state index contributed by atoms with van der Waals surface area (Å²) in [6.45, 7) is 4.40. The first-order valence-corrected chi connectivity index (χ1v) is 15.4. The van der Waals surface area contributed by atoms with Gasteiger partial charge < -0.3 is 29.0 Å². The first-order valence-electron chi connectivity index (χ1n) is 14.1. The van der Waals surface area contributed by atoms with Gasteiger partial charge in [0, 0.05) is 44.1 Å². The second-order valence-corrected chi connectivity index (χ2v) is 12.0. The van der Waals surface area contributed by atoms with Crippen LogP contribution in [-0.4, -0.2) is 77.0 Å². The Morgan fingerprint density at radius 2 is 1.64 bits per heavy atom. The van der Waals surface area contributed by atoms with Gasteiger partial charge in [-0.2, -0.15) is 5.10 Å². The molecule has 44 heavy (non-hydrogen) atoms. The molecule has 1 aromatic carbocycles. The minimum absolute atomic E-state index is 0.0682. The van der Waals surface area contributed by atoms with E-state index < -0.39 is 54.5 Å². The second kappa shape index (κ2) is 13.4. The topological polar surface area (TPSA) is 142 Å². The van der Waals surface area contributed by atoms with Crippen LogP contribution in [0.25, 0.3) is 0 Å². The Labute approximate surface area is 263 Å². The highest BCUT2D eigenvalue weighted by molar-refractivity contribution is 7.80. The van der Waals surface area contributed by atoms with Crippen LogP contribution in [0.5, 0.6) is 0 Å². The van der Waals surface area contributed by atoms with Crippen molar-refractivity contribution in [2.75, 3.05) is 6.61 Å². The van der Waals surface area contributed by atoms with E-state index in [2.05, 4.69) is 17.4 Å². The average molecular weight is 644 g/mol. The number of carbonyl (C=O) groups is 4. The summed E-state index contributed by atoms with van der Waals surface area (Å²) in [4.78, 5) is 49.3. The van der Waals surface area contributed by atoms with E-state index in [1.165, 1.54) is 33.3 Å². The first kappa shape index (κ1) is 31.5. The lowest BCUT2D eigenvalue weighted by molar-refractivity contribution is -0.255. The number of nitrogens with zero attached hydrogens (tertiary/aromatic N) is 2. The van der Waals surface area contributed by atoms with Crippen molar-refractivity contribution in [3.63, 3.8) is 0 Å². The number of hydrogen-bond donors (Lipinski definition) is 1. The number of ether oxygens (including phenoxy) is 5. The maximum absolute atomic E-state index is 12.3. The van der Waals surface area contributed by atoms with Crippen LogP contribution in [0.1, 0.15) is 56.2 Å². The zero-order chi connectivity index (χ0) is 31.5. The predicted octanol–water partition coefficient (Wildman–Crippen LogP) is 3.03. The molecule has 1 N–H and O–H groups in total. The van der Waals surface area contributed by atoms with E-state index in [1.807, 2.05) is 29.6 Å². The SMILES string of the molecule is CC(=O)OC[C@H]1O[C@@H](NC(=S)N2N=C3c4ccccc4CCC3C2c2cccs2)[C@H](OC(C)=O)[C@@H](OC(C)=O)[C@@H]1OC(C)=O. The maximum Gasteiger partial charge on any atom is 0.303 e.